The number of aryl methyl sites for hydroxylation is 1. The standard InChI is InChI=1S/C24H24N4O2/c1-17-8-10-19(11-9-17)16-27-13-14-28(22-7-4-12-25-23(22)27)24(30)26-21-6-3-5-20(15-21)18(2)29/h3-12,15H,13-14,16H2,1-2H3,(H,26,30). The van der Waals surface area contributed by atoms with Crippen LogP contribution >= 0.6 is 0 Å². The van der Waals surface area contributed by atoms with Gasteiger partial charge in [0.2, 0.25) is 0 Å². The first-order valence-corrected chi connectivity index (χ1v) is 9.96. The highest BCUT2D eigenvalue weighted by atomic mass is 16.2. The van der Waals surface area contributed by atoms with E-state index in [1.807, 2.05) is 12.1 Å². The molecule has 0 spiro atoms. The average molecular weight is 400 g/mol. The number of urea groups is 1. The summed E-state index contributed by atoms with van der Waals surface area (Å²) in [6, 6.07) is 18.9. The van der Waals surface area contributed by atoms with Crippen molar-refractivity contribution in [3.05, 3.63) is 83.6 Å². The number of fused-ring (bicyclic) bond motifs is 1. The fourth-order valence-corrected chi connectivity index (χ4v) is 3.58. The average Bonchev–Trinajstić information content (AvgIpc) is 2.75. The molecule has 30 heavy (non-hydrogen) atoms. The molecule has 0 fully saturated rings. The van der Waals surface area contributed by atoms with Crippen LogP contribution in [0.2, 0.25) is 0 Å². The van der Waals surface area contributed by atoms with Crippen LogP contribution in [0.3, 0.4) is 0 Å². The Balaban J connectivity index is 1.54. The maximum Gasteiger partial charge on any atom is 0.326 e. The number of benzene rings is 2. The Kier molecular flexibility index (Phi) is 5.48. The van der Waals surface area contributed by atoms with Crippen molar-refractivity contribution in [1.29, 1.82) is 0 Å². The Bertz CT molecular complexity index is 1080. The zero-order valence-corrected chi connectivity index (χ0v) is 17.1. The number of aromatic nitrogens is 1. The van der Waals surface area contributed by atoms with Gasteiger partial charge in [0.05, 0.1) is 5.69 Å². The number of nitrogens with one attached hydrogen (secondary N) is 1. The van der Waals surface area contributed by atoms with Gasteiger partial charge in [-0.3, -0.25) is 9.69 Å². The molecule has 152 valence electrons. The summed E-state index contributed by atoms with van der Waals surface area (Å²) in [5, 5.41) is 2.91. The molecule has 1 aliphatic rings. The topological polar surface area (TPSA) is 65.5 Å². The zero-order chi connectivity index (χ0) is 21.1. The molecule has 1 aromatic heterocycles. The molecular weight excluding hydrogens is 376 g/mol. The Labute approximate surface area is 176 Å². The number of carbonyl (C=O) groups is 2. The normalized spacial score (nSPS) is 13.0. The Hall–Kier alpha value is -3.67. The number of pyridine rings is 1. The summed E-state index contributed by atoms with van der Waals surface area (Å²) in [5.41, 5.74) is 4.37. The number of rotatable bonds is 4. The van der Waals surface area contributed by atoms with E-state index >= 15 is 0 Å². The van der Waals surface area contributed by atoms with Crippen LogP contribution in [0.5, 0.6) is 0 Å². The molecule has 2 aromatic carbocycles. The van der Waals surface area contributed by atoms with Gasteiger partial charge in [-0.25, -0.2) is 9.78 Å². The zero-order valence-electron chi connectivity index (χ0n) is 17.1. The van der Waals surface area contributed by atoms with Crippen LogP contribution in [0.4, 0.5) is 22.0 Å². The van der Waals surface area contributed by atoms with Crippen LogP contribution in [-0.4, -0.2) is 29.9 Å². The van der Waals surface area contributed by atoms with Gasteiger partial charge in [0.15, 0.2) is 11.6 Å². The molecule has 1 N–H and O–H groups in total. The molecule has 6 nitrogen and oxygen atoms in total. The molecular formula is C24H24N4O2. The lowest BCUT2D eigenvalue weighted by atomic mass is 10.1. The summed E-state index contributed by atoms with van der Waals surface area (Å²) >= 11 is 0. The number of amides is 2. The first-order chi connectivity index (χ1) is 14.5. The molecule has 0 unspecified atom stereocenters. The largest absolute Gasteiger partial charge is 0.349 e. The first-order valence-electron chi connectivity index (χ1n) is 9.96. The van der Waals surface area contributed by atoms with Gasteiger partial charge >= 0.3 is 6.03 Å². The summed E-state index contributed by atoms with van der Waals surface area (Å²) in [4.78, 5) is 33.1. The number of Topliss-reactive ketones (excluding diaryl/α,β-unsaturated/α-hetero) is 1. The molecule has 0 aliphatic carbocycles. The van der Waals surface area contributed by atoms with Crippen molar-refractivity contribution >= 4 is 29.0 Å². The van der Waals surface area contributed by atoms with Crippen molar-refractivity contribution in [2.24, 2.45) is 0 Å². The fourth-order valence-electron chi connectivity index (χ4n) is 3.58. The van der Waals surface area contributed by atoms with E-state index in [1.54, 1.807) is 35.4 Å². The molecule has 0 bridgehead atoms. The molecule has 4 rings (SSSR count). The third-order valence-corrected chi connectivity index (χ3v) is 5.21. The van der Waals surface area contributed by atoms with Crippen LogP contribution < -0.4 is 15.1 Å². The number of nitrogens with zero attached hydrogens (tertiary/aromatic N) is 3. The van der Waals surface area contributed by atoms with Crippen molar-refractivity contribution < 1.29 is 9.59 Å². The number of anilines is 3. The quantitative estimate of drug-likeness (QED) is 0.648. The van der Waals surface area contributed by atoms with E-state index in [1.165, 1.54) is 18.1 Å². The van der Waals surface area contributed by atoms with E-state index < -0.39 is 0 Å². The highest BCUT2D eigenvalue weighted by Gasteiger charge is 2.28. The minimum atomic E-state index is -0.236. The highest BCUT2D eigenvalue weighted by molar-refractivity contribution is 6.05. The van der Waals surface area contributed by atoms with Crippen LogP contribution in [0, 0.1) is 6.92 Å². The lowest BCUT2D eigenvalue weighted by molar-refractivity contribution is 0.101. The lowest BCUT2D eigenvalue weighted by Crippen LogP contribution is -2.46. The summed E-state index contributed by atoms with van der Waals surface area (Å²) in [7, 11) is 0. The first kappa shape index (κ1) is 19.6. The van der Waals surface area contributed by atoms with Crippen molar-refractivity contribution in [2.75, 3.05) is 28.2 Å². The second-order valence-electron chi connectivity index (χ2n) is 7.47. The third kappa shape index (κ3) is 4.17. The predicted molar refractivity (Wildman–Crippen MR) is 119 cm³/mol. The van der Waals surface area contributed by atoms with Gasteiger partial charge in [-0.2, -0.15) is 0 Å². The van der Waals surface area contributed by atoms with Gasteiger partial charge in [0, 0.05) is 37.1 Å². The van der Waals surface area contributed by atoms with E-state index in [9.17, 15) is 9.59 Å². The van der Waals surface area contributed by atoms with Crippen LogP contribution in [0.15, 0.2) is 66.9 Å². The monoisotopic (exact) mass is 400 g/mol. The van der Waals surface area contributed by atoms with E-state index in [2.05, 4.69) is 46.4 Å². The Morgan fingerprint density at radius 2 is 1.83 bits per heavy atom. The van der Waals surface area contributed by atoms with Crippen molar-refractivity contribution in [3.8, 4) is 0 Å². The van der Waals surface area contributed by atoms with E-state index in [4.69, 9.17) is 0 Å². The van der Waals surface area contributed by atoms with E-state index in [-0.39, 0.29) is 11.8 Å². The molecule has 0 atom stereocenters. The number of ketones is 1. The lowest BCUT2D eigenvalue weighted by Gasteiger charge is -2.36. The number of hydrogen-bond acceptors (Lipinski definition) is 4. The third-order valence-electron chi connectivity index (χ3n) is 5.21. The molecule has 0 saturated heterocycles. The SMILES string of the molecule is CC(=O)c1cccc(NC(=O)N2CCN(Cc3ccc(C)cc3)c3ncccc32)c1. The van der Waals surface area contributed by atoms with Gasteiger partial charge in [-0.15, -0.1) is 0 Å². The smallest absolute Gasteiger partial charge is 0.326 e. The van der Waals surface area contributed by atoms with Crippen molar-refractivity contribution in [3.63, 3.8) is 0 Å². The van der Waals surface area contributed by atoms with Gasteiger partial charge in [-0.05, 0) is 43.7 Å². The Morgan fingerprint density at radius 1 is 1.03 bits per heavy atom. The minimum absolute atomic E-state index is 0.0367. The van der Waals surface area contributed by atoms with Crippen LogP contribution in [0.1, 0.15) is 28.4 Å². The molecule has 2 amide bonds. The molecule has 0 saturated carbocycles. The maximum absolute atomic E-state index is 13.0. The Morgan fingerprint density at radius 3 is 2.60 bits per heavy atom. The minimum Gasteiger partial charge on any atom is -0.349 e. The highest BCUT2D eigenvalue weighted by Crippen LogP contribution is 2.32. The number of carbonyl (C=O) groups excluding carboxylic acids is 2. The van der Waals surface area contributed by atoms with Crippen molar-refractivity contribution in [1.82, 2.24) is 4.98 Å². The fraction of sp³-hybridized carbons (Fsp3) is 0.208. The van der Waals surface area contributed by atoms with Crippen LogP contribution in [0.25, 0.3) is 0 Å². The molecule has 2 heterocycles. The summed E-state index contributed by atoms with van der Waals surface area (Å²) in [6.07, 6.45) is 1.75. The summed E-state index contributed by atoms with van der Waals surface area (Å²) in [6.45, 7) is 5.54. The molecule has 6 heteroatoms. The van der Waals surface area contributed by atoms with Crippen molar-refractivity contribution in [2.45, 2.75) is 20.4 Å². The van der Waals surface area contributed by atoms with E-state index in [0.29, 0.717) is 24.3 Å². The van der Waals surface area contributed by atoms with Gasteiger partial charge in [-0.1, -0.05) is 42.0 Å². The molecule has 3 aromatic rings. The number of hydrogen-bond donors (Lipinski definition) is 1. The second kappa shape index (κ2) is 8.37. The second-order valence-corrected chi connectivity index (χ2v) is 7.47. The van der Waals surface area contributed by atoms with Gasteiger partial charge in [0.25, 0.3) is 0 Å². The summed E-state index contributed by atoms with van der Waals surface area (Å²) in [5.74, 6) is 0.752. The predicted octanol–water partition coefficient (Wildman–Crippen LogP) is 4.65. The summed E-state index contributed by atoms with van der Waals surface area (Å²) < 4.78 is 0. The van der Waals surface area contributed by atoms with Gasteiger partial charge < -0.3 is 10.2 Å². The van der Waals surface area contributed by atoms with Gasteiger partial charge in [0.1, 0.15) is 0 Å². The molecule has 0 radical (unpaired) electrons. The molecule has 1 aliphatic heterocycles. The van der Waals surface area contributed by atoms with E-state index in [0.717, 1.165) is 18.1 Å². The maximum atomic E-state index is 13.0. The van der Waals surface area contributed by atoms with Crippen LogP contribution in [-0.2, 0) is 6.54 Å².